The minimum atomic E-state index is -5.62. The van der Waals surface area contributed by atoms with Gasteiger partial charge in [0.25, 0.3) is 0 Å². The molecule has 41 valence electrons. The Hall–Kier alpha value is 2.00. The standard InChI is InChI=1S/Mn.2Na.H2O.4O/h;;;1H2;;;;/q;2*+1;;;;2*-1. The predicted octanol–water partition coefficient (Wildman–Crippen LogP) is -9.43. The van der Waals surface area contributed by atoms with Crippen molar-refractivity contribution in [1.29, 1.82) is 0 Å². The van der Waals surface area contributed by atoms with Crippen LogP contribution in [-0.2, 0) is 21.0 Å². The van der Waals surface area contributed by atoms with Gasteiger partial charge in [0.2, 0.25) is 0 Å². The summed E-state index contributed by atoms with van der Waals surface area (Å²) in [5.74, 6) is 0. The topological polar surface area (TPSA) is 112 Å². The fraction of sp³-hybridized carbons (Fsp3) is 0. The van der Waals surface area contributed by atoms with Crippen LogP contribution in [0.25, 0.3) is 0 Å². The molecule has 0 radical (unpaired) electrons. The van der Waals surface area contributed by atoms with Gasteiger partial charge in [0.15, 0.2) is 0 Å². The molecular formula is H2MnNa2O5. The first-order valence-corrected chi connectivity index (χ1v) is 2.54. The molecule has 0 amide bonds. The van der Waals surface area contributed by atoms with Crippen LogP contribution >= 0.6 is 0 Å². The van der Waals surface area contributed by atoms with Gasteiger partial charge in [0, 0.05) is 0 Å². The summed E-state index contributed by atoms with van der Waals surface area (Å²) in [5.41, 5.74) is 0. The maximum absolute atomic E-state index is 8.58. The Bertz CT molecular complexity index is 93.6. The van der Waals surface area contributed by atoms with Gasteiger partial charge >= 0.3 is 88.5 Å². The van der Waals surface area contributed by atoms with Gasteiger partial charge in [-0.1, -0.05) is 0 Å². The maximum atomic E-state index is 8.58. The van der Waals surface area contributed by atoms with Crippen LogP contribution in [0, 0.1) is 0 Å². The molecule has 0 aromatic carbocycles. The first-order chi connectivity index (χ1) is 2.00. The molecule has 0 bridgehead atoms. The Morgan fingerprint density at radius 3 is 1.00 bits per heavy atom. The molecule has 0 aromatic rings. The zero-order chi connectivity index (χ0) is 4.50. The summed E-state index contributed by atoms with van der Waals surface area (Å²) in [7, 11) is 0. The SMILES string of the molecule is O.[Na+].[Na+].[O]=[Mn](=[O])([O-])[O-]. The Morgan fingerprint density at radius 1 is 1.00 bits per heavy atom. The molecule has 0 saturated heterocycles. The van der Waals surface area contributed by atoms with Gasteiger partial charge in [0.05, 0.1) is 0 Å². The van der Waals surface area contributed by atoms with E-state index in [2.05, 4.69) is 0 Å². The minimum absolute atomic E-state index is 0. The summed E-state index contributed by atoms with van der Waals surface area (Å²) in [5, 5.41) is 0. The van der Waals surface area contributed by atoms with Crippen molar-refractivity contribution in [3.8, 4) is 0 Å². The third kappa shape index (κ3) is 98.0. The fourth-order valence-corrected chi connectivity index (χ4v) is 0. The van der Waals surface area contributed by atoms with Gasteiger partial charge in [-0.3, -0.25) is 0 Å². The molecule has 0 saturated carbocycles. The van der Waals surface area contributed by atoms with Crippen LogP contribution in [0.3, 0.4) is 0 Å². The van der Waals surface area contributed by atoms with E-state index in [4.69, 9.17) is 16.0 Å². The van der Waals surface area contributed by atoms with Gasteiger partial charge in [-0.15, -0.1) is 0 Å². The quantitative estimate of drug-likeness (QED) is 0.347. The molecule has 0 heterocycles. The summed E-state index contributed by atoms with van der Waals surface area (Å²) in [6.45, 7) is 0. The molecular weight excluding hydrogens is 181 g/mol. The third-order valence-corrected chi connectivity index (χ3v) is 0. The van der Waals surface area contributed by atoms with E-state index in [9.17, 15) is 0 Å². The van der Waals surface area contributed by atoms with E-state index in [0.29, 0.717) is 0 Å². The van der Waals surface area contributed by atoms with Crippen molar-refractivity contribution in [1.82, 2.24) is 0 Å². The van der Waals surface area contributed by atoms with E-state index in [-0.39, 0.29) is 64.6 Å². The molecule has 5 nitrogen and oxygen atoms in total. The Labute approximate surface area is 92.6 Å². The zero-order valence-electron chi connectivity index (χ0n) is 4.51. The normalized spacial score (nSPS) is 7.25. The number of hydrogen-bond acceptors (Lipinski definition) is 4. The van der Waals surface area contributed by atoms with Crippen molar-refractivity contribution in [2.45, 2.75) is 0 Å². The van der Waals surface area contributed by atoms with Gasteiger partial charge in [-0.05, 0) is 0 Å². The molecule has 2 N–H and O–H groups in total. The molecule has 0 atom stereocenters. The first kappa shape index (κ1) is 22.5. The molecule has 0 rings (SSSR count). The van der Waals surface area contributed by atoms with Gasteiger partial charge in [0.1, 0.15) is 0 Å². The average molecular weight is 183 g/mol. The van der Waals surface area contributed by atoms with Crippen molar-refractivity contribution in [3.05, 3.63) is 0 Å². The summed E-state index contributed by atoms with van der Waals surface area (Å²) >= 11 is -5.62. The summed E-state index contributed by atoms with van der Waals surface area (Å²) in [6.07, 6.45) is 0. The van der Waals surface area contributed by atoms with E-state index < -0.39 is 13.4 Å². The van der Waals surface area contributed by atoms with Crippen LogP contribution in [0.2, 0.25) is 0 Å². The van der Waals surface area contributed by atoms with Crippen LogP contribution in [-0.4, -0.2) is 5.48 Å². The van der Waals surface area contributed by atoms with Crippen LogP contribution < -0.4 is 67.5 Å². The van der Waals surface area contributed by atoms with Crippen molar-refractivity contribution in [2.24, 2.45) is 0 Å². The average Bonchev–Trinajstić information content (AvgIpc) is 0.722. The molecule has 0 aliphatic carbocycles. The van der Waals surface area contributed by atoms with Crippen LogP contribution in [0.1, 0.15) is 0 Å². The number of hydrogen-bond donors (Lipinski definition) is 0. The second-order valence-electron chi connectivity index (χ2n) is 0.378. The van der Waals surface area contributed by atoms with Crippen molar-refractivity contribution < 1.29 is 94.0 Å². The van der Waals surface area contributed by atoms with E-state index in [1.165, 1.54) is 0 Å². The van der Waals surface area contributed by atoms with Gasteiger partial charge in [-0.25, -0.2) is 0 Å². The van der Waals surface area contributed by atoms with Crippen LogP contribution in [0.4, 0.5) is 0 Å². The monoisotopic (exact) mass is 183 g/mol. The molecule has 0 spiro atoms. The molecule has 8 heavy (non-hydrogen) atoms. The van der Waals surface area contributed by atoms with Crippen molar-refractivity contribution in [3.63, 3.8) is 0 Å². The molecule has 0 fully saturated rings. The molecule has 0 aromatic heterocycles. The Morgan fingerprint density at radius 2 is 1.00 bits per heavy atom. The summed E-state index contributed by atoms with van der Waals surface area (Å²) in [6, 6.07) is 0. The fourth-order valence-electron chi connectivity index (χ4n) is 0. The molecule has 0 aliphatic heterocycles. The second-order valence-corrected chi connectivity index (χ2v) is 1.56. The second kappa shape index (κ2) is 9.00. The van der Waals surface area contributed by atoms with Crippen LogP contribution in [0.15, 0.2) is 0 Å². The van der Waals surface area contributed by atoms with Gasteiger partial charge in [-0.2, -0.15) is 0 Å². The van der Waals surface area contributed by atoms with E-state index in [1.807, 2.05) is 0 Å². The summed E-state index contributed by atoms with van der Waals surface area (Å²) in [4.78, 5) is 0. The van der Waals surface area contributed by atoms with Crippen molar-refractivity contribution >= 4 is 0 Å². The van der Waals surface area contributed by atoms with E-state index >= 15 is 0 Å². The zero-order valence-corrected chi connectivity index (χ0v) is 9.69. The molecule has 0 unspecified atom stereocenters. The van der Waals surface area contributed by atoms with E-state index in [0.717, 1.165) is 0 Å². The predicted molar refractivity (Wildman–Crippen MR) is 4.99 cm³/mol. The summed E-state index contributed by atoms with van der Waals surface area (Å²) < 4.78 is 34.3. The molecule has 0 aliphatic rings. The van der Waals surface area contributed by atoms with E-state index in [1.54, 1.807) is 0 Å². The molecule has 8 heteroatoms. The van der Waals surface area contributed by atoms with Gasteiger partial charge < -0.3 is 5.48 Å². The van der Waals surface area contributed by atoms with Crippen LogP contribution in [0.5, 0.6) is 0 Å². The third-order valence-electron chi connectivity index (χ3n) is 0. The first-order valence-electron chi connectivity index (χ1n) is 0.617. The number of rotatable bonds is 0. The van der Waals surface area contributed by atoms with Crippen molar-refractivity contribution in [2.75, 3.05) is 0 Å². The Balaban J connectivity index is -0.0000000267. The Kier molecular flexibility index (Phi) is 25.3.